The predicted octanol–water partition coefficient (Wildman–Crippen LogP) is 1.92. The number of carbonyl (C=O) groups excluding carboxylic acids is 2. The maximum atomic E-state index is 12.5. The van der Waals surface area contributed by atoms with Gasteiger partial charge in [-0.2, -0.15) is 5.10 Å². The molecular weight excluding hydrogens is 470 g/mol. The van der Waals surface area contributed by atoms with Crippen molar-refractivity contribution in [1.29, 1.82) is 0 Å². The van der Waals surface area contributed by atoms with E-state index in [1.807, 2.05) is 0 Å². The third-order valence-electron chi connectivity index (χ3n) is 3.56. The second kappa shape index (κ2) is 7.38. The molecular formula is C17H10Br2N3O4-. The van der Waals surface area contributed by atoms with Crippen LogP contribution in [0.2, 0.25) is 0 Å². The fourth-order valence-electron chi connectivity index (χ4n) is 2.41. The van der Waals surface area contributed by atoms with E-state index >= 15 is 0 Å². The first-order valence-corrected chi connectivity index (χ1v) is 8.91. The summed E-state index contributed by atoms with van der Waals surface area (Å²) in [4.78, 5) is 36.1. The van der Waals surface area contributed by atoms with Gasteiger partial charge >= 0.3 is 0 Å². The van der Waals surface area contributed by atoms with Crippen LogP contribution in [0.1, 0.15) is 10.5 Å². The van der Waals surface area contributed by atoms with Crippen molar-refractivity contribution in [3.8, 4) is 0 Å². The number of aromatic carboxylic acids is 1. The summed E-state index contributed by atoms with van der Waals surface area (Å²) in [5.41, 5.74) is -0.444. The lowest BCUT2D eigenvalue weighted by molar-refractivity contribution is -0.255. The van der Waals surface area contributed by atoms with Crippen LogP contribution < -0.4 is 16.0 Å². The molecule has 0 aliphatic rings. The summed E-state index contributed by atoms with van der Waals surface area (Å²) < 4.78 is 2.29. The number of anilines is 1. The van der Waals surface area contributed by atoms with E-state index in [2.05, 4.69) is 42.3 Å². The fourth-order valence-corrected chi connectivity index (χ4v) is 3.56. The molecule has 0 radical (unpaired) electrons. The largest absolute Gasteiger partial charge is 0.543 e. The number of carbonyl (C=O) groups is 2. The second-order valence-corrected chi connectivity index (χ2v) is 7.09. The highest BCUT2D eigenvalue weighted by Crippen LogP contribution is 2.26. The molecule has 1 aromatic heterocycles. The molecule has 26 heavy (non-hydrogen) atoms. The van der Waals surface area contributed by atoms with Gasteiger partial charge in [0.25, 0.3) is 5.56 Å². The van der Waals surface area contributed by atoms with Gasteiger partial charge in [0.2, 0.25) is 5.91 Å². The van der Waals surface area contributed by atoms with Gasteiger partial charge in [0, 0.05) is 14.3 Å². The molecule has 0 fully saturated rings. The van der Waals surface area contributed by atoms with Gasteiger partial charge in [-0.25, -0.2) is 4.68 Å². The van der Waals surface area contributed by atoms with E-state index in [0.717, 1.165) is 9.15 Å². The van der Waals surface area contributed by atoms with Gasteiger partial charge in [0.1, 0.15) is 12.2 Å². The van der Waals surface area contributed by atoms with Gasteiger partial charge in [0.15, 0.2) is 0 Å². The Morgan fingerprint density at radius 2 is 1.81 bits per heavy atom. The summed E-state index contributed by atoms with van der Waals surface area (Å²) in [6.07, 6.45) is 0. The molecule has 7 nitrogen and oxygen atoms in total. The van der Waals surface area contributed by atoms with Gasteiger partial charge in [0.05, 0.1) is 17.0 Å². The van der Waals surface area contributed by atoms with Crippen LogP contribution in [0.3, 0.4) is 0 Å². The Kier molecular flexibility index (Phi) is 5.19. The summed E-state index contributed by atoms with van der Waals surface area (Å²) in [6.45, 7) is -0.438. The topological polar surface area (TPSA) is 104 Å². The van der Waals surface area contributed by atoms with E-state index in [1.54, 1.807) is 30.3 Å². The predicted molar refractivity (Wildman–Crippen MR) is 101 cm³/mol. The number of carboxylic acids is 1. The molecule has 132 valence electrons. The van der Waals surface area contributed by atoms with Crippen molar-refractivity contribution in [2.75, 3.05) is 5.32 Å². The van der Waals surface area contributed by atoms with Crippen molar-refractivity contribution >= 4 is 60.2 Å². The molecule has 0 bridgehead atoms. The van der Waals surface area contributed by atoms with Crippen molar-refractivity contribution in [2.24, 2.45) is 0 Å². The molecule has 0 aliphatic carbocycles. The van der Waals surface area contributed by atoms with Crippen LogP contribution in [-0.2, 0) is 11.3 Å². The summed E-state index contributed by atoms with van der Waals surface area (Å²) >= 11 is 6.63. The number of fused-ring (bicyclic) bond motifs is 1. The number of hydrogen-bond donors (Lipinski definition) is 1. The number of carboxylic acid groups (broad SMARTS) is 1. The molecule has 2 aromatic carbocycles. The SMILES string of the molecule is O=C(Cn1nc(C(=O)[O-])c2ccccc2c1=O)Nc1ccc(Br)cc1Br. The summed E-state index contributed by atoms with van der Waals surface area (Å²) in [5.74, 6) is -2.05. The summed E-state index contributed by atoms with van der Waals surface area (Å²) in [6, 6.07) is 11.3. The zero-order valence-electron chi connectivity index (χ0n) is 13.0. The lowest BCUT2D eigenvalue weighted by Gasteiger charge is -2.12. The number of amides is 1. The number of halogens is 2. The van der Waals surface area contributed by atoms with Crippen molar-refractivity contribution < 1.29 is 14.7 Å². The monoisotopic (exact) mass is 478 g/mol. The van der Waals surface area contributed by atoms with E-state index in [-0.39, 0.29) is 10.8 Å². The smallest absolute Gasteiger partial charge is 0.275 e. The van der Waals surface area contributed by atoms with E-state index < -0.39 is 29.7 Å². The molecule has 1 amide bonds. The molecule has 9 heteroatoms. The Bertz CT molecular complexity index is 1100. The third kappa shape index (κ3) is 3.68. The fraction of sp³-hybridized carbons (Fsp3) is 0.0588. The standard InChI is InChI=1S/C17H11Br2N3O4/c18-9-5-6-13(12(19)7-9)20-14(23)8-22-16(24)11-4-2-1-3-10(11)15(21-22)17(25)26/h1-7H,8H2,(H,20,23)(H,25,26)/p-1. The molecule has 0 unspecified atom stereocenters. The van der Waals surface area contributed by atoms with Crippen molar-refractivity contribution in [1.82, 2.24) is 9.78 Å². The molecule has 0 aliphatic heterocycles. The van der Waals surface area contributed by atoms with E-state index in [4.69, 9.17) is 0 Å². The molecule has 3 aromatic rings. The normalized spacial score (nSPS) is 10.7. The highest BCUT2D eigenvalue weighted by molar-refractivity contribution is 9.11. The number of hydrogen-bond acceptors (Lipinski definition) is 5. The molecule has 0 saturated carbocycles. The minimum absolute atomic E-state index is 0.152. The van der Waals surface area contributed by atoms with Crippen LogP contribution in [0, 0.1) is 0 Å². The highest BCUT2D eigenvalue weighted by atomic mass is 79.9. The van der Waals surface area contributed by atoms with Crippen molar-refractivity contribution in [3.63, 3.8) is 0 Å². The Morgan fingerprint density at radius 3 is 2.46 bits per heavy atom. The maximum Gasteiger partial charge on any atom is 0.275 e. The van der Waals surface area contributed by atoms with Crippen LogP contribution in [0.25, 0.3) is 10.8 Å². The minimum atomic E-state index is -1.52. The Labute approximate surface area is 163 Å². The van der Waals surface area contributed by atoms with E-state index in [0.29, 0.717) is 10.2 Å². The van der Waals surface area contributed by atoms with Crippen LogP contribution in [0.15, 0.2) is 56.2 Å². The Morgan fingerprint density at radius 1 is 1.12 bits per heavy atom. The average Bonchev–Trinajstić information content (AvgIpc) is 2.59. The lowest BCUT2D eigenvalue weighted by Crippen LogP contribution is -2.34. The number of rotatable bonds is 4. The number of nitrogens with one attached hydrogen (secondary N) is 1. The zero-order valence-corrected chi connectivity index (χ0v) is 16.2. The zero-order chi connectivity index (χ0) is 18.8. The Balaban J connectivity index is 1.95. The van der Waals surface area contributed by atoms with Crippen LogP contribution in [0.4, 0.5) is 5.69 Å². The van der Waals surface area contributed by atoms with Crippen molar-refractivity contribution in [3.05, 3.63) is 67.5 Å². The molecule has 1 N–H and O–H groups in total. The van der Waals surface area contributed by atoms with Gasteiger partial charge in [-0.05, 0) is 40.2 Å². The first-order chi connectivity index (χ1) is 12.4. The lowest BCUT2D eigenvalue weighted by atomic mass is 10.1. The highest BCUT2D eigenvalue weighted by Gasteiger charge is 2.14. The molecule has 0 atom stereocenters. The van der Waals surface area contributed by atoms with Gasteiger partial charge in [-0.15, -0.1) is 0 Å². The summed E-state index contributed by atoms with van der Waals surface area (Å²) in [5, 5.41) is 18.1. The quantitative estimate of drug-likeness (QED) is 0.615. The van der Waals surface area contributed by atoms with Crippen LogP contribution >= 0.6 is 31.9 Å². The number of nitrogens with zero attached hydrogens (tertiary/aromatic N) is 2. The third-order valence-corrected chi connectivity index (χ3v) is 4.71. The van der Waals surface area contributed by atoms with Gasteiger partial charge < -0.3 is 15.2 Å². The molecule has 3 rings (SSSR count). The number of benzene rings is 2. The van der Waals surface area contributed by atoms with Gasteiger partial charge in [-0.1, -0.05) is 34.1 Å². The van der Waals surface area contributed by atoms with Crippen molar-refractivity contribution in [2.45, 2.75) is 6.54 Å². The second-order valence-electron chi connectivity index (χ2n) is 5.32. The molecule has 0 spiro atoms. The van der Waals surface area contributed by atoms with E-state index in [9.17, 15) is 19.5 Å². The van der Waals surface area contributed by atoms with Crippen LogP contribution in [-0.4, -0.2) is 21.7 Å². The first-order valence-electron chi connectivity index (χ1n) is 7.33. The first kappa shape index (κ1) is 18.3. The molecule has 1 heterocycles. The van der Waals surface area contributed by atoms with Crippen LogP contribution in [0.5, 0.6) is 0 Å². The Hall–Kier alpha value is -2.52. The minimum Gasteiger partial charge on any atom is -0.543 e. The average molecular weight is 480 g/mol. The van der Waals surface area contributed by atoms with E-state index in [1.165, 1.54) is 12.1 Å². The summed E-state index contributed by atoms with van der Waals surface area (Å²) in [7, 11) is 0. The maximum absolute atomic E-state index is 12.5. The molecule has 0 saturated heterocycles. The van der Waals surface area contributed by atoms with Gasteiger partial charge in [-0.3, -0.25) is 9.59 Å². The number of aromatic nitrogens is 2.